The van der Waals surface area contributed by atoms with Gasteiger partial charge in [0.05, 0.1) is 9.13 Å². The standard InChI is InChI=1S/C16H11ClFIN4/c1-9-7-20-5-4-14(9)22-16-13(19)8-21-15(23-16)11-6-10(17)2-3-12(11)18/h2-8H,1H3,(H,20,21,22,23). The number of aromatic nitrogens is 3. The van der Waals surface area contributed by atoms with Crippen LogP contribution in [0.15, 0.2) is 42.9 Å². The Hall–Kier alpha value is -1.80. The van der Waals surface area contributed by atoms with Crippen LogP contribution in [0, 0.1) is 16.3 Å². The van der Waals surface area contributed by atoms with Gasteiger partial charge >= 0.3 is 0 Å². The Morgan fingerprint density at radius 1 is 1.22 bits per heavy atom. The molecule has 4 nitrogen and oxygen atoms in total. The van der Waals surface area contributed by atoms with Crippen molar-refractivity contribution in [1.29, 1.82) is 0 Å². The van der Waals surface area contributed by atoms with Gasteiger partial charge < -0.3 is 5.32 Å². The van der Waals surface area contributed by atoms with E-state index < -0.39 is 5.82 Å². The summed E-state index contributed by atoms with van der Waals surface area (Å²) in [6.07, 6.45) is 5.09. The van der Waals surface area contributed by atoms with Crippen molar-refractivity contribution >= 4 is 45.7 Å². The quantitative estimate of drug-likeness (QED) is 0.583. The molecule has 116 valence electrons. The second kappa shape index (κ2) is 6.76. The van der Waals surface area contributed by atoms with Crippen LogP contribution in [0.2, 0.25) is 5.02 Å². The Balaban J connectivity index is 2.03. The second-order valence-electron chi connectivity index (χ2n) is 4.83. The Morgan fingerprint density at radius 3 is 2.83 bits per heavy atom. The molecule has 23 heavy (non-hydrogen) atoms. The number of rotatable bonds is 3. The zero-order chi connectivity index (χ0) is 16.4. The first-order valence-electron chi connectivity index (χ1n) is 6.70. The Bertz CT molecular complexity index is 872. The van der Waals surface area contributed by atoms with Crippen LogP contribution < -0.4 is 5.32 Å². The van der Waals surface area contributed by atoms with E-state index in [4.69, 9.17) is 11.6 Å². The fraction of sp³-hybridized carbons (Fsp3) is 0.0625. The van der Waals surface area contributed by atoms with E-state index in [1.165, 1.54) is 18.2 Å². The molecule has 0 amide bonds. The van der Waals surface area contributed by atoms with Gasteiger partial charge in [0.25, 0.3) is 0 Å². The van der Waals surface area contributed by atoms with E-state index in [1.54, 1.807) is 18.6 Å². The van der Waals surface area contributed by atoms with Gasteiger partial charge in [-0.25, -0.2) is 14.4 Å². The number of nitrogens with zero attached hydrogens (tertiary/aromatic N) is 3. The van der Waals surface area contributed by atoms with Gasteiger partial charge in [-0.2, -0.15) is 0 Å². The molecule has 0 spiro atoms. The van der Waals surface area contributed by atoms with Gasteiger partial charge in [0.1, 0.15) is 11.6 Å². The zero-order valence-electron chi connectivity index (χ0n) is 12.0. The minimum atomic E-state index is -0.415. The molecule has 0 radical (unpaired) electrons. The average Bonchev–Trinajstić information content (AvgIpc) is 2.54. The number of hydrogen-bond acceptors (Lipinski definition) is 4. The van der Waals surface area contributed by atoms with Crippen LogP contribution in [0.3, 0.4) is 0 Å². The Kier molecular flexibility index (Phi) is 4.72. The third-order valence-corrected chi connectivity index (χ3v) is 4.21. The maximum Gasteiger partial charge on any atom is 0.164 e. The molecule has 7 heteroatoms. The Labute approximate surface area is 151 Å². The summed E-state index contributed by atoms with van der Waals surface area (Å²) in [6.45, 7) is 1.95. The fourth-order valence-corrected chi connectivity index (χ4v) is 2.56. The van der Waals surface area contributed by atoms with Gasteiger partial charge in [-0.05, 0) is 59.3 Å². The number of anilines is 2. The van der Waals surface area contributed by atoms with Crippen LogP contribution in [0.1, 0.15) is 5.56 Å². The lowest BCUT2D eigenvalue weighted by atomic mass is 10.2. The molecule has 2 heterocycles. The second-order valence-corrected chi connectivity index (χ2v) is 6.43. The fourth-order valence-electron chi connectivity index (χ4n) is 1.99. The molecule has 0 atom stereocenters. The molecular formula is C16H11ClFIN4. The van der Waals surface area contributed by atoms with Crippen LogP contribution in [0.4, 0.5) is 15.9 Å². The SMILES string of the molecule is Cc1cnccc1Nc1nc(-c2cc(Cl)ccc2F)ncc1I. The number of hydrogen-bond donors (Lipinski definition) is 1. The minimum Gasteiger partial charge on any atom is -0.339 e. The molecule has 0 saturated heterocycles. The summed E-state index contributed by atoms with van der Waals surface area (Å²) in [5.41, 5.74) is 2.13. The first-order chi connectivity index (χ1) is 11.0. The first kappa shape index (κ1) is 16.1. The summed E-state index contributed by atoms with van der Waals surface area (Å²) in [5.74, 6) is 0.463. The lowest BCUT2D eigenvalue weighted by Crippen LogP contribution is -2.02. The predicted octanol–water partition coefficient (Wildman–Crippen LogP) is 4.99. The average molecular weight is 441 g/mol. The van der Waals surface area contributed by atoms with Gasteiger partial charge in [0.15, 0.2) is 5.82 Å². The first-order valence-corrected chi connectivity index (χ1v) is 8.16. The normalized spacial score (nSPS) is 10.6. The van der Waals surface area contributed by atoms with Crippen molar-refractivity contribution in [2.24, 2.45) is 0 Å². The third kappa shape index (κ3) is 3.59. The van der Waals surface area contributed by atoms with Gasteiger partial charge in [0.2, 0.25) is 0 Å². The van der Waals surface area contributed by atoms with Crippen LogP contribution in [0.25, 0.3) is 11.4 Å². The number of benzene rings is 1. The number of halogens is 3. The summed E-state index contributed by atoms with van der Waals surface area (Å²) in [6, 6.07) is 6.17. The summed E-state index contributed by atoms with van der Waals surface area (Å²) in [7, 11) is 0. The highest BCUT2D eigenvalue weighted by atomic mass is 127. The molecule has 0 unspecified atom stereocenters. The highest BCUT2D eigenvalue weighted by Gasteiger charge is 2.12. The van der Waals surface area contributed by atoms with E-state index in [9.17, 15) is 4.39 Å². The van der Waals surface area contributed by atoms with E-state index in [2.05, 4.69) is 42.9 Å². The molecule has 0 saturated carbocycles. The molecule has 0 fully saturated rings. The maximum atomic E-state index is 14.0. The van der Waals surface area contributed by atoms with Crippen molar-refractivity contribution < 1.29 is 4.39 Å². The molecule has 3 rings (SSSR count). The van der Waals surface area contributed by atoms with Gasteiger partial charge in [-0.15, -0.1) is 0 Å². The topological polar surface area (TPSA) is 50.7 Å². The lowest BCUT2D eigenvalue weighted by Gasteiger charge is -2.11. The van der Waals surface area contributed by atoms with Crippen LogP contribution >= 0.6 is 34.2 Å². The van der Waals surface area contributed by atoms with Gasteiger partial charge in [-0.1, -0.05) is 11.6 Å². The molecule has 0 aliphatic carbocycles. The van der Waals surface area contributed by atoms with Crippen molar-refractivity contribution in [3.8, 4) is 11.4 Å². The zero-order valence-corrected chi connectivity index (χ0v) is 14.9. The van der Waals surface area contributed by atoms with E-state index in [0.717, 1.165) is 14.8 Å². The molecule has 1 N–H and O–H groups in total. The van der Waals surface area contributed by atoms with E-state index in [1.807, 2.05) is 13.0 Å². The van der Waals surface area contributed by atoms with E-state index in [-0.39, 0.29) is 11.4 Å². The third-order valence-electron chi connectivity index (χ3n) is 3.19. The number of pyridine rings is 1. The van der Waals surface area contributed by atoms with Crippen molar-refractivity contribution in [2.45, 2.75) is 6.92 Å². The molecule has 0 bridgehead atoms. The molecular weight excluding hydrogens is 430 g/mol. The summed E-state index contributed by atoms with van der Waals surface area (Å²) in [5, 5.41) is 3.66. The largest absolute Gasteiger partial charge is 0.339 e. The van der Waals surface area contributed by atoms with E-state index in [0.29, 0.717) is 10.8 Å². The van der Waals surface area contributed by atoms with Crippen molar-refractivity contribution in [3.63, 3.8) is 0 Å². The van der Waals surface area contributed by atoms with Gasteiger partial charge in [-0.3, -0.25) is 4.98 Å². The molecule has 0 aliphatic heterocycles. The predicted molar refractivity (Wildman–Crippen MR) is 97.4 cm³/mol. The van der Waals surface area contributed by atoms with Crippen molar-refractivity contribution in [1.82, 2.24) is 15.0 Å². The molecule has 2 aromatic heterocycles. The van der Waals surface area contributed by atoms with Gasteiger partial charge in [0, 0.05) is 29.3 Å². The molecule has 1 aromatic carbocycles. The number of aryl methyl sites for hydroxylation is 1. The monoisotopic (exact) mass is 440 g/mol. The van der Waals surface area contributed by atoms with Crippen LogP contribution in [-0.4, -0.2) is 15.0 Å². The summed E-state index contributed by atoms with van der Waals surface area (Å²) < 4.78 is 14.8. The maximum absolute atomic E-state index is 14.0. The van der Waals surface area contributed by atoms with Crippen LogP contribution in [0.5, 0.6) is 0 Å². The molecule has 3 aromatic rings. The minimum absolute atomic E-state index is 0.267. The highest BCUT2D eigenvalue weighted by molar-refractivity contribution is 14.1. The smallest absolute Gasteiger partial charge is 0.164 e. The summed E-state index contributed by atoms with van der Waals surface area (Å²) >= 11 is 8.07. The number of nitrogens with one attached hydrogen (secondary N) is 1. The Morgan fingerprint density at radius 2 is 2.04 bits per heavy atom. The van der Waals surface area contributed by atoms with E-state index >= 15 is 0 Å². The highest BCUT2D eigenvalue weighted by Crippen LogP contribution is 2.27. The van der Waals surface area contributed by atoms with Crippen molar-refractivity contribution in [3.05, 3.63) is 62.8 Å². The van der Waals surface area contributed by atoms with Crippen LogP contribution in [-0.2, 0) is 0 Å². The molecule has 0 aliphatic rings. The van der Waals surface area contributed by atoms with Crippen molar-refractivity contribution in [2.75, 3.05) is 5.32 Å². The lowest BCUT2D eigenvalue weighted by molar-refractivity contribution is 0.630. The summed E-state index contributed by atoms with van der Waals surface area (Å²) in [4.78, 5) is 12.7.